The number of fused-ring (bicyclic) bond motifs is 1. The fourth-order valence-electron chi connectivity index (χ4n) is 2.90. The van der Waals surface area contributed by atoms with Crippen molar-refractivity contribution in [2.24, 2.45) is 0 Å². The van der Waals surface area contributed by atoms with Crippen LogP contribution in [0.4, 0.5) is 0 Å². The van der Waals surface area contributed by atoms with Gasteiger partial charge in [0.2, 0.25) is 5.91 Å². The standard InChI is InChI=1S/C20H23N3O/c1-15(2)20-21-17-11-7-8-12-18(17)23(20)14-19(24)22(3)13-16-9-5-4-6-10-16/h4-12,15H,13-14H2,1-3H3. The van der Waals surface area contributed by atoms with E-state index in [4.69, 9.17) is 4.98 Å². The Kier molecular flexibility index (Phi) is 4.65. The number of para-hydroxylation sites is 2. The fraction of sp³-hybridized carbons (Fsp3) is 0.300. The molecule has 24 heavy (non-hydrogen) atoms. The highest BCUT2D eigenvalue weighted by atomic mass is 16.2. The Morgan fingerprint density at radius 2 is 1.75 bits per heavy atom. The maximum Gasteiger partial charge on any atom is 0.242 e. The van der Waals surface area contributed by atoms with Gasteiger partial charge in [0.1, 0.15) is 12.4 Å². The van der Waals surface area contributed by atoms with Gasteiger partial charge in [-0.05, 0) is 17.7 Å². The Hall–Kier alpha value is -2.62. The molecule has 3 aromatic rings. The molecule has 0 N–H and O–H groups in total. The monoisotopic (exact) mass is 321 g/mol. The van der Waals surface area contributed by atoms with Crippen LogP contribution in [0.1, 0.15) is 31.2 Å². The first-order chi connectivity index (χ1) is 11.6. The zero-order valence-electron chi connectivity index (χ0n) is 14.4. The Bertz CT molecular complexity index is 836. The van der Waals surface area contributed by atoms with Crippen LogP contribution in [-0.4, -0.2) is 27.4 Å². The van der Waals surface area contributed by atoms with Crippen molar-refractivity contribution in [1.29, 1.82) is 0 Å². The number of likely N-dealkylation sites (N-methyl/N-ethyl adjacent to an activating group) is 1. The zero-order valence-corrected chi connectivity index (χ0v) is 14.4. The van der Waals surface area contributed by atoms with Crippen molar-refractivity contribution >= 4 is 16.9 Å². The Morgan fingerprint density at radius 1 is 1.08 bits per heavy atom. The van der Waals surface area contributed by atoms with E-state index in [1.165, 1.54) is 0 Å². The summed E-state index contributed by atoms with van der Waals surface area (Å²) >= 11 is 0. The maximum atomic E-state index is 12.7. The second kappa shape index (κ2) is 6.87. The molecule has 0 aliphatic carbocycles. The number of aromatic nitrogens is 2. The minimum Gasteiger partial charge on any atom is -0.340 e. The van der Waals surface area contributed by atoms with Crippen molar-refractivity contribution in [3.8, 4) is 0 Å². The van der Waals surface area contributed by atoms with E-state index in [0.717, 1.165) is 22.4 Å². The van der Waals surface area contributed by atoms with Crippen molar-refractivity contribution in [3.63, 3.8) is 0 Å². The van der Waals surface area contributed by atoms with E-state index >= 15 is 0 Å². The second-order valence-electron chi connectivity index (χ2n) is 6.43. The van der Waals surface area contributed by atoms with Crippen LogP contribution < -0.4 is 0 Å². The van der Waals surface area contributed by atoms with Crippen molar-refractivity contribution in [2.75, 3.05) is 7.05 Å². The maximum absolute atomic E-state index is 12.7. The molecular weight excluding hydrogens is 298 g/mol. The highest BCUT2D eigenvalue weighted by molar-refractivity contribution is 5.81. The summed E-state index contributed by atoms with van der Waals surface area (Å²) in [6, 6.07) is 18.0. The fourth-order valence-corrected chi connectivity index (χ4v) is 2.90. The first kappa shape index (κ1) is 16.2. The minimum atomic E-state index is 0.0870. The summed E-state index contributed by atoms with van der Waals surface area (Å²) in [6.45, 7) is 5.15. The second-order valence-corrected chi connectivity index (χ2v) is 6.43. The molecule has 0 fully saturated rings. The van der Waals surface area contributed by atoms with Gasteiger partial charge in [0.25, 0.3) is 0 Å². The predicted molar refractivity (Wildman–Crippen MR) is 96.7 cm³/mol. The quantitative estimate of drug-likeness (QED) is 0.716. The lowest BCUT2D eigenvalue weighted by molar-refractivity contribution is -0.131. The molecule has 0 bridgehead atoms. The smallest absolute Gasteiger partial charge is 0.242 e. The number of hydrogen-bond donors (Lipinski definition) is 0. The molecular formula is C20H23N3O. The number of rotatable bonds is 5. The molecule has 2 aromatic carbocycles. The van der Waals surface area contributed by atoms with Crippen LogP contribution >= 0.6 is 0 Å². The average molecular weight is 321 g/mol. The molecule has 0 saturated carbocycles. The first-order valence-electron chi connectivity index (χ1n) is 8.29. The molecule has 0 atom stereocenters. The van der Waals surface area contributed by atoms with Gasteiger partial charge in [0, 0.05) is 19.5 Å². The van der Waals surface area contributed by atoms with Crippen LogP contribution in [0.5, 0.6) is 0 Å². The Balaban J connectivity index is 1.83. The molecule has 0 saturated heterocycles. The summed E-state index contributed by atoms with van der Waals surface area (Å²) in [5, 5.41) is 0. The summed E-state index contributed by atoms with van der Waals surface area (Å²) in [5.74, 6) is 1.31. The SMILES string of the molecule is CC(C)c1nc2ccccc2n1CC(=O)N(C)Cc1ccccc1. The van der Waals surface area contributed by atoms with E-state index in [-0.39, 0.29) is 11.8 Å². The molecule has 124 valence electrons. The first-order valence-corrected chi connectivity index (χ1v) is 8.29. The van der Waals surface area contributed by atoms with E-state index in [0.29, 0.717) is 13.1 Å². The van der Waals surface area contributed by atoms with Crippen LogP contribution in [-0.2, 0) is 17.9 Å². The lowest BCUT2D eigenvalue weighted by Gasteiger charge is -2.19. The third-order valence-corrected chi connectivity index (χ3v) is 4.18. The molecule has 0 radical (unpaired) electrons. The van der Waals surface area contributed by atoms with E-state index in [1.807, 2.05) is 66.2 Å². The average Bonchev–Trinajstić information content (AvgIpc) is 2.95. The number of imidazole rings is 1. The molecule has 0 spiro atoms. The molecule has 4 heteroatoms. The molecule has 3 rings (SSSR count). The van der Waals surface area contributed by atoms with Gasteiger partial charge in [-0.1, -0.05) is 56.3 Å². The zero-order chi connectivity index (χ0) is 17.1. The molecule has 1 amide bonds. The summed E-state index contributed by atoms with van der Waals surface area (Å²) < 4.78 is 2.05. The number of benzene rings is 2. The number of carbonyl (C=O) groups excluding carboxylic acids is 1. The van der Waals surface area contributed by atoms with E-state index < -0.39 is 0 Å². The van der Waals surface area contributed by atoms with Gasteiger partial charge in [-0.15, -0.1) is 0 Å². The molecule has 1 heterocycles. The van der Waals surface area contributed by atoms with Crippen LogP contribution in [0.25, 0.3) is 11.0 Å². The summed E-state index contributed by atoms with van der Waals surface area (Å²) in [6.07, 6.45) is 0. The van der Waals surface area contributed by atoms with Crippen LogP contribution in [0.15, 0.2) is 54.6 Å². The predicted octanol–water partition coefficient (Wildman–Crippen LogP) is 3.82. The van der Waals surface area contributed by atoms with Gasteiger partial charge in [-0.2, -0.15) is 0 Å². The van der Waals surface area contributed by atoms with Crippen LogP contribution in [0.2, 0.25) is 0 Å². The van der Waals surface area contributed by atoms with Gasteiger partial charge in [-0.25, -0.2) is 4.98 Å². The summed E-state index contributed by atoms with van der Waals surface area (Å²) in [7, 11) is 1.85. The van der Waals surface area contributed by atoms with Crippen molar-refractivity contribution < 1.29 is 4.79 Å². The van der Waals surface area contributed by atoms with Gasteiger partial charge >= 0.3 is 0 Å². The number of amides is 1. The third-order valence-electron chi connectivity index (χ3n) is 4.18. The number of carbonyl (C=O) groups is 1. The number of hydrogen-bond acceptors (Lipinski definition) is 2. The van der Waals surface area contributed by atoms with E-state index in [9.17, 15) is 4.79 Å². The molecule has 0 aliphatic rings. The highest BCUT2D eigenvalue weighted by Gasteiger charge is 2.17. The largest absolute Gasteiger partial charge is 0.340 e. The van der Waals surface area contributed by atoms with Crippen molar-refractivity contribution in [1.82, 2.24) is 14.5 Å². The molecule has 0 aliphatic heterocycles. The van der Waals surface area contributed by atoms with Crippen molar-refractivity contribution in [3.05, 3.63) is 66.0 Å². The summed E-state index contributed by atoms with van der Waals surface area (Å²) in [4.78, 5) is 19.2. The Labute approximate surface area is 142 Å². The molecule has 0 unspecified atom stereocenters. The van der Waals surface area contributed by atoms with Crippen LogP contribution in [0.3, 0.4) is 0 Å². The number of nitrogens with zero attached hydrogens (tertiary/aromatic N) is 3. The van der Waals surface area contributed by atoms with E-state index in [1.54, 1.807) is 4.90 Å². The van der Waals surface area contributed by atoms with Gasteiger partial charge in [-0.3, -0.25) is 4.79 Å². The topological polar surface area (TPSA) is 38.1 Å². The molecule has 1 aromatic heterocycles. The van der Waals surface area contributed by atoms with Gasteiger partial charge in [0.15, 0.2) is 0 Å². The Morgan fingerprint density at radius 3 is 2.46 bits per heavy atom. The van der Waals surface area contributed by atoms with Crippen molar-refractivity contribution in [2.45, 2.75) is 32.9 Å². The lowest BCUT2D eigenvalue weighted by atomic mass is 10.2. The van der Waals surface area contributed by atoms with Crippen LogP contribution in [0, 0.1) is 0 Å². The highest BCUT2D eigenvalue weighted by Crippen LogP contribution is 2.22. The third kappa shape index (κ3) is 3.32. The van der Waals surface area contributed by atoms with Gasteiger partial charge < -0.3 is 9.47 Å². The normalized spacial score (nSPS) is 11.2. The minimum absolute atomic E-state index is 0.0870. The van der Waals surface area contributed by atoms with E-state index in [2.05, 4.69) is 13.8 Å². The molecule has 4 nitrogen and oxygen atoms in total. The summed E-state index contributed by atoms with van der Waals surface area (Å²) in [5.41, 5.74) is 3.09. The lowest BCUT2D eigenvalue weighted by Crippen LogP contribution is -2.30. The van der Waals surface area contributed by atoms with Gasteiger partial charge in [0.05, 0.1) is 11.0 Å².